The standard InChI is InChI=1S/C24H26ClN3O2/c1-16(2)17-3-5-18(6-4-17)23-27-22(30-28-23)12-11-21(29)26-15-24(13-14-24)19-7-9-20(25)10-8-19/h3-10,16H,11-15H2,1-2H3,(H,26,29). The molecule has 1 aromatic heterocycles. The number of carbonyl (C=O) groups excluding carboxylic acids is 1. The summed E-state index contributed by atoms with van der Waals surface area (Å²) in [5.41, 5.74) is 3.47. The first-order valence-electron chi connectivity index (χ1n) is 10.4. The molecule has 30 heavy (non-hydrogen) atoms. The Balaban J connectivity index is 1.28. The number of aryl methyl sites for hydroxylation is 1. The van der Waals surface area contributed by atoms with Crippen LogP contribution in [0.5, 0.6) is 0 Å². The van der Waals surface area contributed by atoms with Crippen LogP contribution in [0.2, 0.25) is 5.02 Å². The zero-order chi connectivity index (χ0) is 21.1. The van der Waals surface area contributed by atoms with Gasteiger partial charge in [0.1, 0.15) is 0 Å². The van der Waals surface area contributed by atoms with Crippen LogP contribution >= 0.6 is 11.6 Å². The van der Waals surface area contributed by atoms with E-state index in [0.717, 1.165) is 23.4 Å². The molecule has 1 saturated carbocycles. The monoisotopic (exact) mass is 423 g/mol. The molecular formula is C24H26ClN3O2. The summed E-state index contributed by atoms with van der Waals surface area (Å²) in [6, 6.07) is 16.1. The molecule has 1 amide bonds. The van der Waals surface area contributed by atoms with E-state index in [-0.39, 0.29) is 11.3 Å². The summed E-state index contributed by atoms with van der Waals surface area (Å²) >= 11 is 5.98. The highest BCUT2D eigenvalue weighted by Crippen LogP contribution is 2.47. The minimum Gasteiger partial charge on any atom is -0.355 e. The molecule has 1 aliphatic rings. The van der Waals surface area contributed by atoms with E-state index in [0.29, 0.717) is 37.0 Å². The maximum absolute atomic E-state index is 12.3. The lowest BCUT2D eigenvalue weighted by molar-refractivity contribution is -0.121. The van der Waals surface area contributed by atoms with Gasteiger partial charge in [-0.05, 0) is 42.0 Å². The number of halogens is 1. The van der Waals surface area contributed by atoms with Gasteiger partial charge in [-0.1, -0.05) is 67.0 Å². The van der Waals surface area contributed by atoms with Gasteiger partial charge in [-0.25, -0.2) is 0 Å². The topological polar surface area (TPSA) is 68.0 Å². The Bertz CT molecular complexity index is 1010. The van der Waals surface area contributed by atoms with Crippen molar-refractivity contribution in [3.63, 3.8) is 0 Å². The third-order valence-corrected chi connectivity index (χ3v) is 6.06. The van der Waals surface area contributed by atoms with Crippen LogP contribution in [0.25, 0.3) is 11.4 Å². The second-order valence-corrected chi connectivity index (χ2v) is 8.79. The molecule has 0 radical (unpaired) electrons. The van der Waals surface area contributed by atoms with E-state index in [4.69, 9.17) is 16.1 Å². The number of amides is 1. The lowest BCUT2D eigenvalue weighted by atomic mass is 9.96. The predicted octanol–water partition coefficient (Wildman–Crippen LogP) is 5.29. The quantitative estimate of drug-likeness (QED) is 0.534. The number of nitrogens with one attached hydrogen (secondary N) is 1. The van der Waals surface area contributed by atoms with E-state index in [2.05, 4.69) is 53.6 Å². The molecule has 0 saturated heterocycles. The van der Waals surface area contributed by atoms with Crippen molar-refractivity contribution in [2.75, 3.05) is 6.54 Å². The van der Waals surface area contributed by atoms with Gasteiger partial charge >= 0.3 is 0 Å². The molecule has 0 unspecified atom stereocenters. The molecule has 0 aliphatic heterocycles. The van der Waals surface area contributed by atoms with Crippen LogP contribution in [0.3, 0.4) is 0 Å². The number of carbonyl (C=O) groups is 1. The van der Waals surface area contributed by atoms with Crippen LogP contribution in [0, 0.1) is 0 Å². The highest BCUT2D eigenvalue weighted by Gasteiger charge is 2.44. The molecule has 6 heteroatoms. The molecule has 1 N–H and O–H groups in total. The van der Waals surface area contributed by atoms with Gasteiger partial charge in [0.25, 0.3) is 0 Å². The predicted molar refractivity (Wildman–Crippen MR) is 118 cm³/mol. The third-order valence-electron chi connectivity index (χ3n) is 5.80. The first-order chi connectivity index (χ1) is 14.4. The van der Waals surface area contributed by atoms with Gasteiger partial charge in [0.15, 0.2) is 0 Å². The number of rotatable bonds is 8. The van der Waals surface area contributed by atoms with Gasteiger partial charge in [0, 0.05) is 35.4 Å². The zero-order valence-electron chi connectivity index (χ0n) is 17.3. The highest BCUT2D eigenvalue weighted by atomic mass is 35.5. The molecule has 1 aliphatic carbocycles. The van der Waals surface area contributed by atoms with E-state index >= 15 is 0 Å². The second-order valence-electron chi connectivity index (χ2n) is 8.35. The first kappa shape index (κ1) is 20.6. The van der Waals surface area contributed by atoms with Gasteiger partial charge in [-0.15, -0.1) is 0 Å². The van der Waals surface area contributed by atoms with Crippen molar-refractivity contribution in [3.8, 4) is 11.4 Å². The van der Waals surface area contributed by atoms with Gasteiger partial charge in [0.2, 0.25) is 17.6 Å². The average molecular weight is 424 g/mol. The largest absolute Gasteiger partial charge is 0.355 e. The summed E-state index contributed by atoms with van der Waals surface area (Å²) in [5.74, 6) is 1.51. The Hall–Kier alpha value is -2.66. The van der Waals surface area contributed by atoms with Crippen molar-refractivity contribution in [3.05, 3.63) is 70.6 Å². The minimum atomic E-state index is -0.00345. The van der Waals surface area contributed by atoms with Crippen molar-refractivity contribution in [2.24, 2.45) is 0 Å². The average Bonchev–Trinajstić information content (AvgIpc) is 3.39. The van der Waals surface area contributed by atoms with E-state index in [1.165, 1.54) is 11.1 Å². The Morgan fingerprint density at radius 3 is 2.47 bits per heavy atom. The summed E-state index contributed by atoms with van der Waals surface area (Å²) in [6.45, 7) is 4.96. The molecule has 4 rings (SSSR count). The van der Waals surface area contributed by atoms with Crippen LogP contribution in [-0.4, -0.2) is 22.6 Å². The maximum Gasteiger partial charge on any atom is 0.227 e. The van der Waals surface area contributed by atoms with Crippen LogP contribution in [0.4, 0.5) is 0 Å². The smallest absolute Gasteiger partial charge is 0.227 e. The maximum atomic E-state index is 12.3. The fourth-order valence-corrected chi connectivity index (χ4v) is 3.72. The third kappa shape index (κ3) is 4.73. The van der Waals surface area contributed by atoms with Crippen LogP contribution < -0.4 is 5.32 Å². The van der Waals surface area contributed by atoms with Gasteiger partial charge < -0.3 is 9.84 Å². The molecule has 5 nitrogen and oxygen atoms in total. The van der Waals surface area contributed by atoms with Gasteiger partial charge in [-0.3, -0.25) is 4.79 Å². The molecule has 0 bridgehead atoms. The fraction of sp³-hybridized carbons (Fsp3) is 0.375. The van der Waals surface area contributed by atoms with E-state index in [1.54, 1.807) is 0 Å². The van der Waals surface area contributed by atoms with Crippen molar-refractivity contribution in [1.29, 1.82) is 0 Å². The van der Waals surface area contributed by atoms with E-state index in [9.17, 15) is 4.79 Å². The minimum absolute atomic E-state index is 0.00345. The molecule has 0 spiro atoms. The van der Waals surface area contributed by atoms with Crippen molar-refractivity contribution in [1.82, 2.24) is 15.5 Å². The molecule has 2 aromatic carbocycles. The van der Waals surface area contributed by atoms with Gasteiger partial charge in [-0.2, -0.15) is 4.98 Å². The number of hydrogen-bond donors (Lipinski definition) is 1. The Kier molecular flexibility index (Phi) is 5.91. The van der Waals surface area contributed by atoms with Crippen molar-refractivity contribution < 1.29 is 9.32 Å². The fourth-order valence-electron chi connectivity index (χ4n) is 3.59. The lowest BCUT2D eigenvalue weighted by Gasteiger charge is -2.16. The van der Waals surface area contributed by atoms with E-state index in [1.807, 2.05) is 24.3 Å². The number of benzene rings is 2. The second kappa shape index (κ2) is 8.60. The summed E-state index contributed by atoms with van der Waals surface area (Å²) in [7, 11) is 0. The summed E-state index contributed by atoms with van der Waals surface area (Å²) in [5, 5.41) is 7.84. The van der Waals surface area contributed by atoms with Crippen molar-refractivity contribution >= 4 is 17.5 Å². The van der Waals surface area contributed by atoms with Crippen LogP contribution in [0.15, 0.2) is 53.1 Å². The summed E-state index contributed by atoms with van der Waals surface area (Å²) in [4.78, 5) is 16.8. The van der Waals surface area contributed by atoms with Crippen LogP contribution in [0.1, 0.15) is 56.0 Å². The van der Waals surface area contributed by atoms with Crippen LogP contribution in [-0.2, 0) is 16.6 Å². The Morgan fingerprint density at radius 2 is 1.83 bits per heavy atom. The van der Waals surface area contributed by atoms with Crippen molar-refractivity contribution in [2.45, 2.75) is 50.9 Å². The summed E-state index contributed by atoms with van der Waals surface area (Å²) in [6.07, 6.45) is 2.91. The molecular weight excluding hydrogens is 398 g/mol. The lowest BCUT2D eigenvalue weighted by Crippen LogP contribution is -2.32. The number of hydrogen-bond acceptors (Lipinski definition) is 4. The number of aromatic nitrogens is 2. The highest BCUT2D eigenvalue weighted by molar-refractivity contribution is 6.30. The molecule has 3 aromatic rings. The Morgan fingerprint density at radius 1 is 1.13 bits per heavy atom. The molecule has 1 fully saturated rings. The molecule has 0 atom stereocenters. The van der Waals surface area contributed by atoms with E-state index < -0.39 is 0 Å². The first-order valence-corrected chi connectivity index (χ1v) is 10.8. The normalized spacial score (nSPS) is 14.7. The zero-order valence-corrected chi connectivity index (χ0v) is 18.1. The summed E-state index contributed by atoms with van der Waals surface area (Å²) < 4.78 is 5.33. The SMILES string of the molecule is CC(C)c1ccc(-c2noc(CCC(=O)NCC3(c4ccc(Cl)cc4)CC3)n2)cc1. The number of nitrogens with zero attached hydrogens (tertiary/aromatic N) is 2. The van der Waals surface area contributed by atoms with Gasteiger partial charge in [0.05, 0.1) is 0 Å². The molecule has 1 heterocycles. The molecule has 156 valence electrons. The Labute approximate surface area is 181 Å².